The van der Waals surface area contributed by atoms with Crippen molar-refractivity contribution in [3.8, 4) is 5.75 Å². The van der Waals surface area contributed by atoms with Crippen molar-refractivity contribution in [1.82, 2.24) is 14.8 Å². The molecule has 38 heavy (non-hydrogen) atoms. The number of ether oxygens (including phenoxy) is 3. The fourth-order valence-corrected chi connectivity index (χ4v) is 5.64. The van der Waals surface area contributed by atoms with Crippen LogP contribution in [0.2, 0.25) is 5.02 Å². The smallest absolute Gasteiger partial charge is 0.348 e. The summed E-state index contributed by atoms with van der Waals surface area (Å²) >= 11 is 8.15. The predicted octanol–water partition coefficient (Wildman–Crippen LogP) is 5.24. The number of allylic oxidation sites excluding steroid dienone is 1. The van der Waals surface area contributed by atoms with Crippen molar-refractivity contribution in [3.63, 3.8) is 0 Å². The fraction of sp³-hybridized carbons (Fsp3) is 0.320. The fourth-order valence-electron chi connectivity index (χ4n) is 3.53. The molecule has 3 aromatic rings. The predicted molar refractivity (Wildman–Crippen MR) is 147 cm³/mol. The van der Waals surface area contributed by atoms with Crippen molar-refractivity contribution in [2.24, 2.45) is 0 Å². The van der Waals surface area contributed by atoms with Crippen molar-refractivity contribution in [2.45, 2.75) is 38.6 Å². The topological polar surface area (TPSA) is 122 Å². The largest absolute Gasteiger partial charge is 0.482 e. The summed E-state index contributed by atoms with van der Waals surface area (Å²) in [5.74, 6) is -0.492. The van der Waals surface area contributed by atoms with Crippen LogP contribution in [0.1, 0.15) is 50.0 Å². The van der Waals surface area contributed by atoms with E-state index in [0.29, 0.717) is 33.9 Å². The van der Waals surface area contributed by atoms with Gasteiger partial charge < -0.3 is 19.5 Å². The minimum absolute atomic E-state index is 0.0358. The van der Waals surface area contributed by atoms with Crippen molar-refractivity contribution in [1.29, 1.82) is 0 Å². The van der Waals surface area contributed by atoms with E-state index in [9.17, 15) is 14.4 Å². The average molecular weight is 579 g/mol. The van der Waals surface area contributed by atoms with Gasteiger partial charge >= 0.3 is 11.9 Å². The highest BCUT2D eigenvalue weighted by atomic mass is 35.5. The second-order valence-corrected chi connectivity index (χ2v) is 10.4. The molecule has 0 saturated heterocycles. The third kappa shape index (κ3) is 6.55. The Bertz CT molecular complexity index is 1370. The summed E-state index contributed by atoms with van der Waals surface area (Å²) in [6.07, 6.45) is 1.25. The van der Waals surface area contributed by atoms with E-state index in [4.69, 9.17) is 25.8 Å². The number of carbonyl (C=O) groups is 3. The van der Waals surface area contributed by atoms with Crippen LogP contribution < -0.4 is 10.1 Å². The maximum Gasteiger partial charge on any atom is 0.348 e. The summed E-state index contributed by atoms with van der Waals surface area (Å²) in [4.78, 5) is 37.4. The van der Waals surface area contributed by atoms with Gasteiger partial charge in [-0.15, -0.1) is 28.1 Å². The Balaban J connectivity index is 1.76. The molecular formula is C25H27ClN4O6S2. The van der Waals surface area contributed by atoms with Gasteiger partial charge in [0.05, 0.1) is 25.5 Å². The molecule has 2 aromatic heterocycles. The van der Waals surface area contributed by atoms with E-state index in [0.717, 1.165) is 28.7 Å². The van der Waals surface area contributed by atoms with Gasteiger partial charge in [0.2, 0.25) is 5.91 Å². The molecule has 0 spiro atoms. The van der Waals surface area contributed by atoms with Gasteiger partial charge in [0, 0.05) is 11.6 Å². The van der Waals surface area contributed by atoms with Gasteiger partial charge in [-0.25, -0.2) is 9.59 Å². The number of hydrogen-bond acceptors (Lipinski definition) is 10. The van der Waals surface area contributed by atoms with E-state index in [2.05, 4.69) is 22.1 Å². The van der Waals surface area contributed by atoms with Gasteiger partial charge in [-0.3, -0.25) is 9.36 Å². The number of nitrogens with one attached hydrogen (secondary N) is 1. The van der Waals surface area contributed by atoms with Gasteiger partial charge in [0.15, 0.2) is 17.1 Å². The Morgan fingerprint density at radius 3 is 2.55 bits per heavy atom. The maximum absolute atomic E-state index is 12.8. The molecule has 0 aliphatic heterocycles. The number of halogens is 1. The Morgan fingerprint density at radius 1 is 1.21 bits per heavy atom. The molecule has 3 rings (SSSR count). The Morgan fingerprint density at radius 2 is 1.92 bits per heavy atom. The van der Waals surface area contributed by atoms with Crippen LogP contribution in [0.3, 0.4) is 0 Å². The van der Waals surface area contributed by atoms with Crippen LogP contribution in [0.25, 0.3) is 0 Å². The lowest BCUT2D eigenvalue weighted by atomic mass is 10.1. The van der Waals surface area contributed by atoms with Crippen LogP contribution in [0.15, 0.2) is 36.0 Å². The molecule has 1 N–H and O–H groups in total. The van der Waals surface area contributed by atoms with E-state index < -0.39 is 23.9 Å². The van der Waals surface area contributed by atoms with E-state index in [-0.39, 0.29) is 21.2 Å². The summed E-state index contributed by atoms with van der Waals surface area (Å²) < 4.78 is 17.5. The summed E-state index contributed by atoms with van der Waals surface area (Å²) in [6, 6.07) is 5.36. The zero-order valence-corrected chi connectivity index (χ0v) is 23.9. The van der Waals surface area contributed by atoms with Gasteiger partial charge in [0.1, 0.15) is 15.6 Å². The first-order valence-corrected chi connectivity index (χ1v) is 13.5. The van der Waals surface area contributed by atoms with Gasteiger partial charge in [0.25, 0.3) is 0 Å². The van der Waals surface area contributed by atoms with Crippen molar-refractivity contribution >= 4 is 57.5 Å². The van der Waals surface area contributed by atoms with Crippen LogP contribution in [0, 0.1) is 13.8 Å². The molecule has 10 nitrogen and oxygen atoms in total. The second-order valence-electron chi connectivity index (χ2n) is 7.99. The molecule has 0 bridgehead atoms. The van der Waals surface area contributed by atoms with Crippen LogP contribution in [0.4, 0.5) is 5.00 Å². The molecular weight excluding hydrogens is 552 g/mol. The number of benzene rings is 1. The van der Waals surface area contributed by atoms with Gasteiger partial charge in [-0.1, -0.05) is 29.4 Å². The summed E-state index contributed by atoms with van der Waals surface area (Å²) in [7, 11) is 2.46. The number of nitrogens with zero attached hydrogens (tertiary/aromatic N) is 3. The molecule has 1 atom stereocenters. The number of hydrogen-bond donors (Lipinski definition) is 1. The van der Waals surface area contributed by atoms with Crippen LogP contribution in [-0.2, 0) is 20.8 Å². The Kier molecular flexibility index (Phi) is 9.95. The number of aromatic nitrogens is 3. The summed E-state index contributed by atoms with van der Waals surface area (Å²) in [6.45, 7) is 9.55. The lowest BCUT2D eigenvalue weighted by Gasteiger charge is -2.17. The lowest BCUT2D eigenvalue weighted by molar-refractivity contribution is -0.113. The van der Waals surface area contributed by atoms with E-state index in [1.807, 2.05) is 24.5 Å². The Labute approximate surface area is 233 Å². The van der Waals surface area contributed by atoms with E-state index >= 15 is 0 Å². The maximum atomic E-state index is 12.8. The van der Waals surface area contributed by atoms with Crippen LogP contribution in [0.5, 0.6) is 5.75 Å². The standard InChI is InChI=1S/C25H27ClN4O6S2/c1-7-10-30-21(15(4)36-17-9-8-16(26)11-13(17)2)28-29-25(30)37-12-18(31)27-22-19(23(32)34-5)14(3)20(38-22)24(33)35-6/h7-9,11,15H,1,10,12H2,2-6H3,(H,27,31). The van der Waals surface area contributed by atoms with Crippen LogP contribution >= 0.6 is 34.7 Å². The van der Waals surface area contributed by atoms with Crippen LogP contribution in [-0.4, -0.2) is 52.6 Å². The van der Waals surface area contributed by atoms with Crippen molar-refractivity contribution in [2.75, 3.05) is 25.3 Å². The minimum atomic E-state index is -0.669. The second kappa shape index (κ2) is 12.9. The molecule has 0 saturated carbocycles. The number of esters is 2. The first-order valence-electron chi connectivity index (χ1n) is 11.3. The highest BCUT2D eigenvalue weighted by molar-refractivity contribution is 7.99. The normalized spacial score (nSPS) is 11.5. The Hall–Kier alpha value is -3.35. The number of rotatable bonds is 11. The molecule has 0 aliphatic carbocycles. The number of aryl methyl sites for hydroxylation is 1. The first kappa shape index (κ1) is 29.2. The summed E-state index contributed by atoms with van der Waals surface area (Å²) in [5, 5.41) is 12.5. The zero-order valence-electron chi connectivity index (χ0n) is 21.5. The van der Waals surface area contributed by atoms with Crippen molar-refractivity contribution in [3.05, 3.63) is 63.3 Å². The highest BCUT2D eigenvalue weighted by Crippen LogP contribution is 2.34. The lowest BCUT2D eigenvalue weighted by Crippen LogP contribution is -2.17. The van der Waals surface area contributed by atoms with E-state index in [1.165, 1.54) is 14.2 Å². The molecule has 202 valence electrons. The minimum Gasteiger partial charge on any atom is -0.482 e. The quantitative estimate of drug-likeness (QED) is 0.185. The van der Waals surface area contributed by atoms with E-state index in [1.54, 1.807) is 25.1 Å². The van der Waals surface area contributed by atoms with Gasteiger partial charge in [-0.05, 0) is 50.1 Å². The number of carbonyl (C=O) groups excluding carboxylic acids is 3. The number of anilines is 1. The number of amides is 1. The molecule has 1 aromatic carbocycles. The molecule has 1 unspecified atom stereocenters. The molecule has 13 heteroatoms. The SMILES string of the molecule is C=CCn1c(SCC(=O)Nc2sc(C(=O)OC)c(C)c2C(=O)OC)nnc1C(C)Oc1ccc(Cl)cc1C. The third-order valence-corrected chi connectivity index (χ3v) is 7.74. The average Bonchev–Trinajstić information content (AvgIpc) is 3.44. The number of methoxy groups -OCH3 is 2. The monoisotopic (exact) mass is 578 g/mol. The van der Waals surface area contributed by atoms with Crippen molar-refractivity contribution < 1.29 is 28.6 Å². The van der Waals surface area contributed by atoms with Gasteiger partial charge in [-0.2, -0.15) is 0 Å². The molecule has 0 aliphatic rings. The summed E-state index contributed by atoms with van der Waals surface area (Å²) in [5.41, 5.74) is 1.37. The third-order valence-electron chi connectivity index (χ3n) is 5.35. The molecule has 2 heterocycles. The molecule has 0 fully saturated rings. The molecule has 0 radical (unpaired) electrons. The number of thioether (sulfide) groups is 1. The number of thiophene rings is 1. The highest BCUT2D eigenvalue weighted by Gasteiger charge is 2.27. The first-order chi connectivity index (χ1) is 18.1. The zero-order chi connectivity index (χ0) is 28.0. The molecule has 1 amide bonds.